The molecule has 1 aromatic heterocycles. The molecule has 0 aliphatic heterocycles. The highest BCUT2D eigenvalue weighted by molar-refractivity contribution is 6.31. The maximum atomic E-state index is 6.26. The number of anilines is 5. The highest BCUT2D eigenvalue weighted by Crippen LogP contribution is 2.25. The van der Waals surface area contributed by atoms with E-state index in [1.54, 1.807) is 0 Å². The van der Waals surface area contributed by atoms with Crippen molar-refractivity contribution in [2.24, 2.45) is 0 Å². The molecule has 6 nitrogen and oxygen atoms in total. The van der Waals surface area contributed by atoms with E-state index in [0.717, 1.165) is 35.6 Å². The number of nitrogens with one attached hydrogen (secondary N) is 2. The number of hydrogen-bond donors (Lipinski definition) is 2. The van der Waals surface area contributed by atoms with Crippen molar-refractivity contribution < 1.29 is 0 Å². The molecule has 3 aromatic rings. The Morgan fingerprint density at radius 3 is 2.14 bits per heavy atom. The molecule has 0 amide bonds. The van der Waals surface area contributed by atoms with Crippen molar-refractivity contribution in [3.8, 4) is 0 Å². The number of halogens is 1. The van der Waals surface area contributed by atoms with Crippen LogP contribution in [0.5, 0.6) is 0 Å². The highest BCUT2D eigenvalue weighted by Gasteiger charge is 2.13. The Labute approximate surface area is 177 Å². The summed E-state index contributed by atoms with van der Waals surface area (Å²) >= 11 is 6.26. The molecule has 152 valence electrons. The third-order valence-corrected chi connectivity index (χ3v) is 5.14. The smallest absolute Gasteiger partial charge is 0.233 e. The number of aromatic nitrogens is 3. The molecule has 7 heteroatoms. The van der Waals surface area contributed by atoms with E-state index in [9.17, 15) is 0 Å². The Kier molecular flexibility index (Phi) is 6.54. The van der Waals surface area contributed by atoms with Crippen LogP contribution in [-0.4, -0.2) is 28.0 Å². The van der Waals surface area contributed by atoms with Crippen LogP contribution < -0.4 is 15.5 Å². The molecule has 0 fully saturated rings. The summed E-state index contributed by atoms with van der Waals surface area (Å²) in [4.78, 5) is 15.9. The number of aryl methyl sites for hydroxylation is 3. The van der Waals surface area contributed by atoms with Crippen molar-refractivity contribution in [2.75, 3.05) is 28.6 Å². The van der Waals surface area contributed by atoms with Gasteiger partial charge in [0.2, 0.25) is 17.8 Å². The van der Waals surface area contributed by atoms with E-state index in [0.29, 0.717) is 22.9 Å². The van der Waals surface area contributed by atoms with Crippen molar-refractivity contribution >= 4 is 40.8 Å². The maximum absolute atomic E-state index is 6.26. The van der Waals surface area contributed by atoms with Gasteiger partial charge in [-0.05, 0) is 69.5 Å². The molecule has 2 aromatic carbocycles. The van der Waals surface area contributed by atoms with Crippen LogP contribution in [0.4, 0.5) is 29.2 Å². The first-order valence-electron chi connectivity index (χ1n) is 9.78. The van der Waals surface area contributed by atoms with Gasteiger partial charge >= 0.3 is 0 Å². The van der Waals surface area contributed by atoms with Gasteiger partial charge in [-0.1, -0.05) is 29.8 Å². The second kappa shape index (κ2) is 9.09. The number of benzene rings is 2. The number of rotatable bonds is 7. The molecule has 29 heavy (non-hydrogen) atoms. The third kappa shape index (κ3) is 5.15. The van der Waals surface area contributed by atoms with Gasteiger partial charge in [0.15, 0.2) is 0 Å². The first kappa shape index (κ1) is 20.9. The summed E-state index contributed by atoms with van der Waals surface area (Å²) in [5.74, 6) is 1.59. The standard InChI is InChI=1S/C22H27ClN6/c1-6-29(7-2)22-27-20(24-17-11-10-15(4)18(23)13-17)26-21(28-22)25-19-12-14(3)8-9-16(19)5/h8-13H,6-7H2,1-5H3,(H2,24,25,26,27,28). The summed E-state index contributed by atoms with van der Waals surface area (Å²) in [5, 5.41) is 7.30. The van der Waals surface area contributed by atoms with Crippen LogP contribution >= 0.6 is 11.6 Å². The fourth-order valence-corrected chi connectivity index (χ4v) is 3.10. The van der Waals surface area contributed by atoms with E-state index in [2.05, 4.69) is 76.4 Å². The van der Waals surface area contributed by atoms with Gasteiger partial charge in [-0.15, -0.1) is 0 Å². The molecule has 0 saturated carbocycles. The van der Waals surface area contributed by atoms with Gasteiger partial charge in [0.05, 0.1) is 0 Å². The van der Waals surface area contributed by atoms with Crippen molar-refractivity contribution in [3.63, 3.8) is 0 Å². The fourth-order valence-electron chi connectivity index (χ4n) is 2.92. The van der Waals surface area contributed by atoms with E-state index in [1.165, 1.54) is 5.56 Å². The molecular formula is C22H27ClN6. The zero-order valence-electron chi connectivity index (χ0n) is 17.5. The number of hydrogen-bond acceptors (Lipinski definition) is 6. The average molecular weight is 411 g/mol. The summed E-state index contributed by atoms with van der Waals surface area (Å²) in [6.07, 6.45) is 0. The highest BCUT2D eigenvalue weighted by atomic mass is 35.5. The lowest BCUT2D eigenvalue weighted by atomic mass is 10.1. The summed E-state index contributed by atoms with van der Waals surface area (Å²) in [7, 11) is 0. The SMILES string of the molecule is CCN(CC)c1nc(Nc2ccc(C)c(Cl)c2)nc(Nc2cc(C)ccc2C)n1. The zero-order chi connectivity index (χ0) is 21.0. The molecule has 0 saturated heterocycles. The van der Waals surface area contributed by atoms with Crippen molar-refractivity contribution in [1.82, 2.24) is 15.0 Å². The Morgan fingerprint density at radius 1 is 0.828 bits per heavy atom. The van der Waals surface area contributed by atoms with E-state index < -0.39 is 0 Å². The van der Waals surface area contributed by atoms with E-state index in [1.807, 2.05) is 25.1 Å². The van der Waals surface area contributed by atoms with Crippen molar-refractivity contribution in [3.05, 3.63) is 58.1 Å². The lowest BCUT2D eigenvalue weighted by molar-refractivity contribution is 0.815. The van der Waals surface area contributed by atoms with Crippen LogP contribution in [0, 0.1) is 20.8 Å². The summed E-state index contributed by atoms with van der Waals surface area (Å²) in [5.41, 5.74) is 5.12. The van der Waals surface area contributed by atoms with Gasteiger partial charge < -0.3 is 15.5 Å². The minimum Gasteiger partial charge on any atom is -0.341 e. The largest absolute Gasteiger partial charge is 0.341 e. The van der Waals surface area contributed by atoms with Gasteiger partial charge in [-0.25, -0.2) is 0 Å². The zero-order valence-corrected chi connectivity index (χ0v) is 18.3. The lowest BCUT2D eigenvalue weighted by Gasteiger charge is -2.20. The molecule has 2 N–H and O–H groups in total. The van der Waals surface area contributed by atoms with Gasteiger partial charge in [0, 0.05) is 29.5 Å². The first-order chi connectivity index (χ1) is 13.9. The number of nitrogens with zero attached hydrogens (tertiary/aromatic N) is 4. The van der Waals surface area contributed by atoms with Crippen LogP contribution in [0.2, 0.25) is 5.02 Å². The molecule has 0 atom stereocenters. The maximum Gasteiger partial charge on any atom is 0.233 e. The molecule has 1 heterocycles. The van der Waals surface area contributed by atoms with Crippen LogP contribution in [-0.2, 0) is 0 Å². The Hall–Kier alpha value is -2.86. The minimum atomic E-state index is 0.467. The Balaban J connectivity index is 1.98. The monoisotopic (exact) mass is 410 g/mol. The van der Waals surface area contributed by atoms with Gasteiger partial charge in [0.25, 0.3) is 0 Å². The molecule has 0 spiro atoms. The van der Waals surface area contributed by atoms with Crippen LogP contribution in [0.3, 0.4) is 0 Å². The minimum absolute atomic E-state index is 0.467. The topological polar surface area (TPSA) is 66.0 Å². The normalized spacial score (nSPS) is 10.7. The first-order valence-corrected chi connectivity index (χ1v) is 10.2. The van der Waals surface area contributed by atoms with E-state index >= 15 is 0 Å². The third-order valence-electron chi connectivity index (χ3n) is 4.74. The van der Waals surface area contributed by atoms with Gasteiger partial charge in [-0.3, -0.25) is 0 Å². The molecular weight excluding hydrogens is 384 g/mol. The summed E-state index contributed by atoms with van der Waals surface area (Å²) in [6, 6.07) is 12.0. The van der Waals surface area contributed by atoms with Crippen LogP contribution in [0.25, 0.3) is 0 Å². The van der Waals surface area contributed by atoms with Crippen LogP contribution in [0.15, 0.2) is 36.4 Å². The Morgan fingerprint density at radius 2 is 1.48 bits per heavy atom. The second-order valence-corrected chi connectivity index (χ2v) is 7.39. The van der Waals surface area contributed by atoms with Gasteiger partial charge in [-0.2, -0.15) is 15.0 Å². The predicted octanol–water partition coefficient (Wildman–Crippen LogP) is 5.78. The predicted molar refractivity (Wildman–Crippen MR) is 122 cm³/mol. The molecule has 0 unspecified atom stereocenters. The summed E-state index contributed by atoms with van der Waals surface area (Å²) < 4.78 is 0. The lowest BCUT2D eigenvalue weighted by Crippen LogP contribution is -2.25. The Bertz CT molecular complexity index is 1000. The quantitative estimate of drug-likeness (QED) is 0.514. The molecule has 3 rings (SSSR count). The van der Waals surface area contributed by atoms with Crippen molar-refractivity contribution in [2.45, 2.75) is 34.6 Å². The molecule has 0 bridgehead atoms. The molecule has 0 aliphatic rings. The van der Waals surface area contributed by atoms with Crippen molar-refractivity contribution in [1.29, 1.82) is 0 Å². The average Bonchev–Trinajstić information content (AvgIpc) is 2.68. The van der Waals surface area contributed by atoms with Crippen LogP contribution in [0.1, 0.15) is 30.5 Å². The van der Waals surface area contributed by atoms with E-state index in [4.69, 9.17) is 11.6 Å². The molecule has 0 radical (unpaired) electrons. The van der Waals surface area contributed by atoms with E-state index in [-0.39, 0.29) is 0 Å². The summed E-state index contributed by atoms with van der Waals surface area (Å²) in [6.45, 7) is 11.9. The molecule has 0 aliphatic carbocycles. The fraction of sp³-hybridized carbons (Fsp3) is 0.318. The second-order valence-electron chi connectivity index (χ2n) is 6.99. The van der Waals surface area contributed by atoms with Gasteiger partial charge in [0.1, 0.15) is 0 Å².